The molecule has 1 heterocycles. The Kier molecular flexibility index (Phi) is 5.44. The summed E-state index contributed by atoms with van der Waals surface area (Å²) in [6.07, 6.45) is 0. The van der Waals surface area contributed by atoms with Crippen LogP contribution in [0.5, 0.6) is 0 Å². The van der Waals surface area contributed by atoms with Crippen LogP contribution in [0, 0.1) is 0 Å². The molecular weight excluding hydrogens is 272 g/mol. The molecule has 0 fully saturated rings. The van der Waals surface area contributed by atoms with Crippen molar-refractivity contribution in [3.05, 3.63) is 27.5 Å². The van der Waals surface area contributed by atoms with Gasteiger partial charge in [-0.2, -0.15) is 0 Å². The molecule has 5 heteroatoms. The predicted octanol–water partition coefficient (Wildman–Crippen LogP) is 3.66. The Hall–Kier alpha value is 0.500. The summed E-state index contributed by atoms with van der Waals surface area (Å²) in [6.45, 7) is 0. The fraction of sp³-hybridized carbons (Fsp3) is 0.167. The van der Waals surface area contributed by atoms with Crippen molar-refractivity contribution in [2.75, 3.05) is 0 Å². The summed E-state index contributed by atoms with van der Waals surface area (Å²) in [5.41, 5.74) is 0.772. The normalized spacial score (nSPS) is 9.00. The highest BCUT2D eigenvalue weighted by molar-refractivity contribution is 9.10. The Bertz CT molecular complexity index is 241. The number of pyridine rings is 1. The van der Waals surface area contributed by atoms with Gasteiger partial charge >= 0.3 is 0 Å². The van der Waals surface area contributed by atoms with Gasteiger partial charge in [0, 0.05) is 4.47 Å². The van der Waals surface area contributed by atoms with Gasteiger partial charge in [-0.05, 0) is 28.1 Å². The molecule has 0 saturated heterocycles. The van der Waals surface area contributed by atoms with Crippen LogP contribution < -0.4 is 0 Å². The number of alkyl halides is 1. The highest BCUT2D eigenvalue weighted by Crippen LogP contribution is 2.18. The van der Waals surface area contributed by atoms with E-state index in [-0.39, 0.29) is 12.4 Å². The van der Waals surface area contributed by atoms with Crippen LogP contribution in [-0.2, 0) is 5.88 Å². The van der Waals surface area contributed by atoms with E-state index in [1.807, 2.05) is 6.07 Å². The van der Waals surface area contributed by atoms with Crippen LogP contribution in [0.25, 0.3) is 0 Å². The lowest BCUT2D eigenvalue weighted by Gasteiger charge is -1.97. The van der Waals surface area contributed by atoms with Gasteiger partial charge in [0.2, 0.25) is 0 Å². The maximum atomic E-state index is 5.60. The van der Waals surface area contributed by atoms with Crippen LogP contribution in [0.2, 0.25) is 5.15 Å². The third-order valence-electron chi connectivity index (χ3n) is 1.01. The van der Waals surface area contributed by atoms with E-state index >= 15 is 0 Å². The van der Waals surface area contributed by atoms with Crippen molar-refractivity contribution in [2.45, 2.75) is 5.88 Å². The van der Waals surface area contributed by atoms with Gasteiger partial charge in [0.1, 0.15) is 5.15 Å². The molecule has 1 rings (SSSR count). The Morgan fingerprint density at radius 2 is 2.09 bits per heavy atom. The van der Waals surface area contributed by atoms with Gasteiger partial charge in [-0.1, -0.05) is 11.6 Å². The monoisotopic (exact) mass is 275 g/mol. The minimum absolute atomic E-state index is 0. The Labute approximate surface area is 89.6 Å². The van der Waals surface area contributed by atoms with Gasteiger partial charge in [-0.25, -0.2) is 4.98 Å². The molecule has 0 amide bonds. The van der Waals surface area contributed by atoms with Gasteiger partial charge in [-0.3, -0.25) is 0 Å². The van der Waals surface area contributed by atoms with E-state index in [4.69, 9.17) is 23.2 Å². The molecule has 0 aromatic carbocycles. The summed E-state index contributed by atoms with van der Waals surface area (Å²) >= 11 is 14.4. The molecule has 0 aliphatic rings. The number of rotatable bonds is 1. The maximum absolute atomic E-state index is 5.60. The summed E-state index contributed by atoms with van der Waals surface area (Å²) in [6, 6.07) is 3.54. The molecule has 1 nitrogen and oxygen atoms in total. The van der Waals surface area contributed by atoms with Crippen LogP contribution in [0.15, 0.2) is 16.6 Å². The molecule has 0 atom stereocenters. The fourth-order valence-electron chi connectivity index (χ4n) is 0.551. The number of nitrogens with zero attached hydrogens (tertiary/aromatic N) is 1. The molecule has 1 aromatic rings. The lowest BCUT2D eigenvalue weighted by molar-refractivity contribution is 1.15. The van der Waals surface area contributed by atoms with Crippen molar-refractivity contribution < 1.29 is 0 Å². The zero-order valence-electron chi connectivity index (χ0n) is 5.35. The largest absolute Gasteiger partial charge is 0.239 e. The minimum atomic E-state index is 0. The second-order valence-electron chi connectivity index (χ2n) is 1.70. The summed E-state index contributed by atoms with van der Waals surface area (Å²) in [7, 11) is 0. The Morgan fingerprint density at radius 3 is 2.55 bits per heavy atom. The van der Waals surface area contributed by atoms with Crippen molar-refractivity contribution in [1.29, 1.82) is 0 Å². The van der Waals surface area contributed by atoms with E-state index in [2.05, 4.69) is 20.9 Å². The molecule has 0 aliphatic carbocycles. The highest BCUT2D eigenvalue weighted by atomic mass is 79.9. The van der Waals surface area contributed by atoms with Gasteiger partial charge in [0.05, 0.1) is 11.6 Å². The number of halogens is 4. The molecule has 0 bridgehead atoms. The van der Waals surface area contributed by atoms with Crippen LogP contribution in [0.1, 0.15) is 5.69 Å². The molecular formula is C6H5BrCl3N. The molecule has 1 aromatic heterocycles. The van der Waals surface area contributed by atoms with Crippen molar-refractivity contribution in [2.24, 2.45) is 0 Å². The van der Waals surface area contributed by atoms with E-state index in [0.717, 1.165) is 10.2 Å². The summed E-state index contributed by atoms with van der Waals surface area (Å²) in [5, 5.41) is 0.471. The Morgan fingerprint density at radius 1 is 1.45 bits per heavy atom. The zero-order valence-corrected chi connectivity index (χ0v) is 9.27. The third kappa shape index (κ3) is 3.16. The first-order chi connectivity index (χ1) is 4.74. The molecule has 62 valence electrons. The quantitative estimate of drug-likeness (QED) is 0.564. The standard InChI is InChI=1S/C6H4BrCl2N.ClH/c7-4-1-2-6(9)10-5(4)3-8;/h1-2H,3H2;1H. The maximum Gasteiger partial charge on any atom is 0.129 e. The molecule has 0 spiro atoms. The van der Waals surface area contributed by atoms with E-state index in [1.54, 1.807) is 6.07 Å². The summed E-state index contributed by atoms with van der Waals surface area (Å²) < 4.78 is 0.895. The highest BCUT2D eigenvalue weighted by Gasteiger charge is 1.99. The average Bonchev–Trinajstić information content (AvgIpc) is 1.94. The van der Waals surface area contributed by atoms with Crippen molar-refractivity contribution >= 4 is 51.5 Å². The first-order valence-electron chi connectivity index (χ1n) is 2.61. The predicted molar refractivity (Wildman–Crippen MR) is 53.8 cm³/mol. The topological polar surface area (TPSA) is 12.9 Å². The molecule has 0 saturated carbocycles. The number of hydrogen-bond acceptors (Lipinski definition) is 1. The second kappa shape index (κ2) is 5.20. The van der Waals surface area contributed by atoms with E-state index in [1.165, 1.54) is 0 Å². The molecule has 0 aliphatic heterocycles. The van der Waals surface area contributed by atoms with Crippen molar-refractivity contribution in [3.8, 4) is 0 Å². The average molecular weight is 277 g/mol. The van der Waals surface area contributed by atoms with Gasteiger partial charge in [0.25, 0.3) is 0 Å². The van der Waals surface area contributed by atoms with E-state index in [9.17, 15) is 0 Å². The van der Waals surface area contributed by atoms with Crippen LogP contribution in [0.3, 0.4) is 0 Å². The molecule has 0 radical (unpaired) electrons. The first-order valence-corrected chi connectivity index (χ1v) is 4.31. The van der Waals surface area contributed by atoms with Gasteiger partial charge in [-0.15, -0.1) is 24.0 Å². The number of hydrogen-bond donors (Lipinski definition) is 0. The van der Waals surface area contributed by atoms with Crippen LogP contribution in [0.4, 0.5) is 0 Å². The summed E-state index contributed by atoms with van der Waals surface area (Å²) in [5.74, 6) is 0.376. The van der Waals surface area contributed by atoms with Gasteiger partial charge in [0.15, 0.2) is 0 Å². The third-order valence-corrected chi connectivity index (χ3v) is 2.20. The lowest BCUT2D eigenvalue weighted by Crippen LogP contribution is -1.86. The molecule has 0 N–H and O–H groups in total. The van der Waals surface area contributed by atoms with Gasteiger partial charge < -0.3 is 0 Å². The molecule has 0 unspecified atom stereocenters. The SMILES string of the molecule is Cl.ClCc1nc(Cl)ccc1Br. The van der Waals surface area contributed by atoms with Crippen LogP contribution in [-0.4, -0.2) is 4.98 Å². The zero-order chi connectivity index (χ0) is 7.56. The van der Waals surface area contributed by atoms with Crippen molar-refractivity contribution in [3.63, 3.8) is 0 Å². The van der Waals surface area contributed by atoms with Crippen LogP contribution >= 0.6 is 51.5 Å². The Balaban J connectivity index is 0.000001000. The second-order valence-corrected chi connectivity index (χ2v) is 3.20. The fourth-order valence-corrected chi connectivity index (χ4v) is 1.44. The molecule has 11 heavy (non-hydrogen) atoms. The minimum Gasteiger partial charge on any atom is -0.239 e. The van der Waals surface area contributed by atoms with Crippen molar-refractivity contribution in [1.82, 2.24) is 4.98 Å². The smallest absolute Gasteiger partial charge is 0.129 e. The van der Waals surface area contributed by atoms with E-state index < -0.39 is 0 Å². The lowest BCUT2D eigenvalue weighted by atomic mass is 10.4. The first kappa shape index (κ1) is 11.5. The van der Waals surface area contributed by atoms with E-state index in [0.29, 0.717) is 11.0 Å². The number of aromatic nitrogens is 1. The summed E-state index contributed by atoms with van der Waals surface area (Å²) in [4.78, 5) is 3.98.